The molecule has 0 amide bonds. The molecule has 3 aliphatic heterocycles. The van der Waals surface area contributed by atoms with E-state index in [1.54, 1.807) is 0 Å². The fourth-order valence-electron chi connectivity index (χ4n) is 5.17. The number of aromatic nitrogens is 4. The second-order valence-corrected chi connectivity index (χ2v) is 8.72. The van der Waals surface area contributed by atoms with Crippen LogP contribution < -0.4 is 11.1 Å². The van der Waals surface area contributed by atoms with E-state index in [0.717, 1.165) is 67.9 Å². The summed E-state index contributed by atoms with van der Waals surface area (Å²) >= 11 is 0. The average Bonchev–Trinajstić information content (AvgIpc) is 3.50. The van der Waals surface area contributed by atoms with Crippen molar-refractivity contribution < 1.29 is 4.74 Å². The summed E-state index contributed by atoms with van der Waals surface area (Å²) in [5.74, 6) is 0.488. The van der Waals surface area contributed by atoms with Crippen LogP contribution in [0.3, 0.4) is 0 Å². The van der Waals surface area contributed by atoms with Gasteiger partial charge < -0.3 is 15.8 Å². The van der Waals surface area contributed by atoms with Crippen LogP contribution in [0.1, 0.15) is 30.9 Å². The summed E-state index contributed by atoms with van der Waals surface area (Å²) in [7, 11) is 0. The highest BCUT2D eigenvalue weighted by Crippen LogP contribution is 2.34. The second-order valence-electron chi connectivity index (χ2n) is 8.72. The van der Waals surface area contributed by atoms with Gasteiger partial charge in [-0.25, -0.2) is 14.6 Å². The maximum Gasteiger partial charge on any atom is 0.164 e. The smallest absolute Gasteiger partial charge is 0.164 e. The van der Waals surface area contributed by atoms with Gasteiger partial charge in [-0.05, 0) is 31.4 Å². The van der Waals surface area contributed by atoms with Gasteiger partial charge >= 0.3 is 0 Å². The number of hydrogen-bond acceptors (Lipinski definition) is 7. The van der Waals surface area contributed by atoms with Crippen LogP contribution in [-0.4, -0.2) is 63.0 Å². The number of nitrogens with two attached hydrogens (primary N) is 1. The van der Waals surface area contributed by atoms with Crippen LogP contribution in [0, 0.1) is 0 Å². The lowest BCUT2D eigenvalue weighted by atomic mass is 10.1. The molecule has 3 saturated heterocycles. The maximum atomic E-state index is 6.27. The van der Waals surface area contributed by atoms with Gasteiger partial charge in [0.1, 0.15) is 17.8 Å². The third-order valence-corrected chi connectivity index (χ3v) is 6.76. The molecule has 2 bridgehead atoms. The number of fused-ring (bicyclic) bond motifs is 3. The summed E-state index contributed by atoms with van der Waals surface area (Å²) in [6, 6.07) is 9.58. The first-order valence-corrected chi connectivity index (χ1v) is 10.9. The number of benzene rings is 1. The minimum absolute atomic E-state index is 0.288. The molecule has 3 aromatic rings. The Kier molecular flexibility index (Phi) is 4.44. The van der Waals surface area contributed by atoms with Gasteiger partial charge in [-0.3, -0.25) is 4.90 Å². The molecule has 2 aromatic heterocycles. The lowest BCUT2D eigenvalue weighted by Crippen LogP contribution is -2.36. The molecule has 3 N–H and O–H groups in total. The zero-order valence-corrected chi connectivity index (χ0v) is 17.0. The van der Waals surface area contributed by atoms with E-state index in [2.05, 4.69) is 44.5 Å². The minimum Gasteiger partial charge on any atom is -0.383 e. The number of hydrogen-bond donors (Lipinski definition) is 2. The molecular formula is C22H27N7O. The van der Waals surface area contributed by atoms with Gasteiger partial charge in [0.15, 0.2) is 5.65 Å². The van der Waals surface area contributed by atoms with Crippen LogP contribution >= 0.6 is 0 Å². The number of likely N-dealkylation sites (tertiary alicyclic amines) is 1. The Morgan fingerprint density at radius 3 is 2.80 bits per heavy atom. The highest BCUT2D eigenvalue weighted by molar-refractivity contribution is 5.98. The molecule has 0 spiro atoms. The fourth-order valence-corrected chi connectivity index (χ4v) is 5.17. The largest absolute Gasteiger partial charge is 0.383 e. The van der Waals surface area contributed by atoms with Crippen molar-refractivity contribution in [2.24, 2.45) is 0 Å². The quantitative estimate of drug-likeness (QED) is 0.685. The molecule has 0 saturated carbocycles. The predicted octanol–water partition coefficient (Wildman–Crippen LogP) is 1.97. The molecule has 5 heterocycles. The van der Waals surface area contributed by atoms with Crippen molar-refractivity contribution in [3.8, 4) is 11.3 Å². The Bertz CT molecular complexity index is 1060. The third-order valence-electron chi connectivity index (χ3n) is 6.76. The molecule has 156 valence electrons. The van der Waals surface area contributed by atoms with Crippen LogP contribution in [0.4, 0.5) is 5.82 Å². The van der Waals surface area contributed by atoms with Crippen molar-refractivity contribution in [2.45, 2.75) is 44.0 Å². The van der Waals surface area contributed by atoms with E-state index in [0.29, 0.717) is 18.0 Å². The first-order valence-electron chi connectivity index (χ1n) is 10.9. The Balaban J connectivity index is 1.32. The Morgan fingerprint density at radius 2 is 2.07 bits per heavy atom. The standard InChI is InChI=1S/C22H27N7O/c23-21-19-20(27-29(22(19)26-13-25-21)16-2-1-7-24-9-16)15-5-3-14(4-6-15)10-28-11-18-8-17(28)12-30-18/h3-6,13,16-18,24H,1-2,7-12H2,(H2,23,25,26)/t16-,17?,18?/m1/s1. The summed E-state index contributed by atoms with van der Waals surface area (Å²) in [6.45, 7) is 4.86. The zero-order chi connectivity index (χ0) is 20.1. The highest BCUT2D eigenvalue weighted by Gasteiger charge is 2.38. The molecule has 3 atom stereocenters. The highest BCUT2D eigenvalue weighted by atomic mass is 16.5. The van der Waals surface area contributed by atoms with Crippen LogP contribution in [0.25, 0.3) is 22.3 Å². The lowest BCUT2D eigenvalue weighted by Gasteiger charge is -2.26. The van der Waals surface area contributed by atoms with Crippen LogP contribution in [0.15, 0.2) is 30.6 Å². The van der Waals surface area contributed by atoms with Crippen molar-refractivity contribution >= 4 is 16.9 Å². The van der Waals surface area contributed by atoms with E-state index < -0.39 is 0 Å². The summed E-state index contributed by atoms with van der Waals surface area (Å²) in [5.41, 5.74) is 10.3. The van der Waals surface area contributed by atoms with Crippen LogP contribution in [0.5, 0.6) is 0 Å². The monoisotopic (exact) mass is 405 g/mol. The summed E-state index contributed by atoms with van der Waals surface area (Å²) in [4.78, 5) is 11.3. The van der Waals surface area contributed by atoms with Gasteiger partial charge in [0, 0.05) is 31.2 Å². The maximum absolute atomic E-state index is 6.27. The van der Waals surface area contributed by atoms with Gasteiger partial charge in [-0.15, -0.1) is 0 Å². The number of nitrogens with one attached hydrogen (secondary N) is 1. The van der Waals surface area contributed by atoms with Crippen molar-refractivity contribution in [2.75, 3.05) is 32.0 Å². The molecule has 0 radical (unpaired) electrons. The van der Waals surface area contributed by atoms with E-state index in [4.69, 9.17) is 15.6 Å². The number of rotatable bonds is 4. The van der Waals surface area contributed by atoms with Gasteiger partial charge in [0.25, 0.3) is 0 Å². The van der Waals surface area contributed by atoms with Gasteiger partial charge in [-0.2, -0.15) is 5.10 Å². The second kappa shape index (κ2) is 7.30. The first-order chi connectivity index (χ1) is 14.8. The molecule has 0 aliphatic carbocycles. The Labute approximate surface area is 175 Å². The van der Waals surface area contributed by atoms with Crippen molar-refractivity contribution in [3.05, 3.63) is 36.2 Å². The number of ether oxygens (including phenoxy) is 1. The summed E-state index contributed by atoms with van der Waals surface area (Å²) in [6.07, 6.45) is 5.37. The molecule has 3 aliphatic rings. The number of morpholine rings is 1. The van der Waals surface area contributed by atoms with E-state index in [1.165, 1.54) is 18.3 Å². The summed E-state index contributed by atoms with van der Waals surface area (Å²) < 4.78 is 7.77. The zero-order valence-electron chi connectivity index (χ0n) is 17.0. The fraction of sp³-hybridized carbons (Fsp3) is 0.500. The molecule has 8 heteroatoms. The van der Waals surface area contributed by atoms with Gasteiger partial charge in [0.2, 0.25) is 0 Å². The number of nitrogen functional groups attached to an aromatic ring is 1. The molecule has 8 nitrogen and oxygen atoms in total. The number of anilines is 1. The van der Waals surface area contributed by atoms with Crippen molar-refractivity contribution in [1.29, 1.82) is 0 Å². The molecule has 1 aromatic carbocycles. The molecule has 3 fully saturated rings. The van der Waals surface area contributed by atoms with Gasteiger partial charge in [0.05, 0.1) is 24.1 Å². The van der Waals surface area contributed by atoms with E-state index in [-0.39, 0.29) is 6.04 Å². The SMILES string of the molecule is Nc1ncnc2c1c(-c1ccc(CN3CC4CC3CO4)cc1)nn2[C@@H]1CCCNC1. The Morgan fingerprint density at radius 1 is 1.17 bits per heavy atom. The normalized spacial score (nSPS) is 26.6. The third kappa shape index (κ3) is 3.07. The number of piperidine rings is 1. The van der Waals surface area contributed by atoms with Crippen molar-refractivity contribution in [1.82, 2.24) is 30.0 Å². The first kappa shape index (κ1) is 18.2. The minimum atomic E-state index is 0.288. The average molecular weight is 406 g/mol. The van der Waals surface area contributed by atoms with E-state index >= 15 is 0 Å². The van der Waals surface area contributed by atoms with Gasteiger partial charge in [-0.1, -0.05) is 24.3 Å². The molecular weight excluding hydrogens is 378 g/mol. The van der Waals surface area contributed by atoms with Crippen LogP contribution in [0.2, 0.25) is 0 Å². The molecule has 6 rings (SSSR count). The molecule has 30 heavy (non-hydrogen) atoms. The lowest BCUT2D eigenvalue weighted by molar-refractivity contribution is 0.0273. The van der Waals surface area contributed by atoms with Crippen LogP contribution in [-0.2, 0) is 11.3 Å². The summed E-state index contributed by atoms with van der Waals surface area (Å²) in [5, 5.41) is 9.29. The van der Waals surface area contributed by atoms with E-state index in [1.807, 2.05) is 4.68 Å². The van der Waals surface area contributed by atoms with Crippen molar-refractivity contribution in [3.63, 3.8) is 0 Å². The Hall–Kier alpha value is -2.55. The van der Waals surface area contributed by atoms with E-state index in [9.17, 15) is 0 Å². The molecule has 2 unspecified atom stereocenters. The predicted molar refractivity (Wildman–Crippen MR) is 115 cm³/mol. The topological polar surface area (TPSA) is 94.1 Å². The number of nitrogens with zero attached hydrogens (tertiary/aromatic N) is 5.